The van der Waals surface area contributed by atoms with Gasteiger partial charge in [-0.1, -0.05) is 48.9 Å². The zero-order valence-electron chi connectivity index (χ0n) is 24.1. The van der Waals surface area contributed by atoms with E-state index in [0.717, 1.165) is 33.0 Å². The first-order valence-corrected chi connectivity index (χ1v) is 14.8. The second kappa shape index (κ2) is 13.5. The van der Waals surface area contributed by atoms with E-state index in [-0.39, 0.29) is 17.3 Å². The molecule has 40 heavy (non-hydrogen) atoms. The summed E-state index contributed by atoms with van der Waals surface area (Å²) < 4.78 is 34.5. The molecule has 0 saturated heterocycles. The minimum absolute atomic E-state index is 0.0832. The Morgan fingerprint density at radius 3 is 2.30 bits per heavy atom. The van der Waals surface area contributed by atoms with E-state index in [0.29, 0.717) is 18.0 Å². The minimum atomic E-state index is -4.12. The molecule has 0 radical (unpaired) electrons. The third-order valence-corrected chi connectivity index (χ3v) is 8.71. The van der Waals surface area contributed by atoms with Gasteiger partial charge >= 0.3 is 0 Å². The van der Waals surface area contributed by atoms with Gasteiger partial charge in [0.1, 0.15) is 18.3 Å². The molecule has 0 spiro atoms. The first-order chi connectivity index (χ1) is 19.0. The lowest BCUT2D eigenvalue weighted by atomic mass is 10.1. The van der Waals surface area contributed by atoms with Gasteiger partial charge in [0.15, 0.2) is 0 Å². The van der Waals surface area contributed by atoms with Gasteiger partial charge in [-0.25, -0.2) is 8.42 Å². The first-order valence-electron chi connectivity index (χ1n) is 13.3. The molecule has 0 aromatic heterocycles. The molecule has 9 heteroatoms. The van der Waals surface area contributed by atoms with Gasteiger partial charge in [0.2, 0.25) is 11.8 Å². The summed E-state index contributed by atoms with van der Waals surface area (Å²) in [4.78, 5) is 28.5. The van der Waals surface area contributed by atoms with Crippen molar-refractivity contribution >= 4 is 27.5 Å². The number of ether oxygens (including phenoxy) is 1. The Morgan fingerprint density at radius 1 is 0.975 bits per heavy atom. The van der Waals surface area contributed by atoms with Crippen LogP contribution in [-0.4, -0.2) is 51.4 Å². The number of nitrogens with one attached hydrogen (secondary N) is 1. The van der Waals surface area contributed by atoms with Gasteiger partial charge in [0, 0.05) is 13.1 Å². The van der Waals surface area contributed by atoms with E-state index in [1.54, 1.807) is 62.6 Å². The third-order valence-electron chi connectivity index (χ3n) is 6.94. The van der Waals surface area contributed by atoms with Crippen LogP contribution in [0.4, 0.5) is 5.69 Å². The molecule has 214 valence electrons. The van der Waals surface area contributed by atoms with E-state index in [4.69, 9.17) is 4.74 Å². The zero-order chi connectivity index (χ0) is 29.4. The molecule has 0 bridgehead atoms. The maximum Gasteiger partial charge on any atom is 0.264 e. The predicted octanol–water partition coefficient (Wildman–Crippen LogP) is 4.76. The Kier molecular flexibility index (Phi) is 10.3. The number of anilines is 1. The van der Waals surface area contributed by atoms with Crippen LogP contribution in [0.2, 0.25) is 0 Å². The normalized spacial score (nSPS) is 11.9. The van der Waals surface area contributed by atoms with Crippen LogP contribution < -0.4 is 14.4 Å². The van der Waals surface area contributed by atoms with Gasteiger partial charge in [-0.15, -0.1) is 0 Å². The largest absolute Gasteiger partial charge is 0.497 e. The van der Waals surface area contributed by atoms with Gasteiger partial charge in [0.05, 0.1) is 17.7 Å². The standard InChI is InChI=1S/C31H39N3O5S/c1-7-18-32-31(36)25(5)33(20-26-11-9-12-27(19-26)39-6)30(35)21-34(29-13-8-10-23(3)24(29)4)40(37,38)28-16-14-22(2)15-17-28/h8-17,19,25H,7,18,20-21H2,1-6H3,(H,32,36)/t25-/m1/s1. The van der Waals surface area contributed by atoms with E-state index >= 15 is 0 Å². The zero-order valence-corrected chi connectivity index (χ0v) is 24.9. The Morgan fingerprint density at radius 2 is 1.65 bits per heavy atom. The minimum Gasteiger partial charge on any atom is -0.497 e. The quantitative estimate of drug-likeness (QED) is 0.342. The fourth-order valence-corrected chi connectivity index (χ4v) is 5.77. The molecule has 0 aliphatic heterocycles. The second-order valence-corrected chi connectivity index (χ2v) is 11.7. The molecule has 2 amide bonds. The summed E-state index contributed by atoms with van der Waals surface area (Å²) in [7, 11) is -2.56. The summed E-state index contributed by atoms with van der Waals surface area (Å²) >= 11 is 0. The van der Waals surface area contributed by atoms with Crippen molar-refractivity contribution in [2.45, 2.75) is 58.5 Å². The third kappa shape index (κ3) is 7.21. The van der Waals surface area contributed by atoms with Crippen molar-refractivity contribution in [3.05, 3.63) is 89.0 Å². The maximum absolute atomic E-state index is 14.0. The number of sulfonamides is 1. The summed E-state index contributed by atoms with van der Waals surface area (Å²) in [6.45, 7) is 9.30. The number of methoxy groups -OCH3 is 1. The number of carbonyl (C=O) groups is 2. The molecule has 3 aromatic rings. The van der Waals surface area contributed by atoms with Crippen molar-refractivity contribution in [3.8, 4) is 5.75 Å². The van der Waals surface area contributed by atoms with E-state index in [2.05, 4.69) is 5.32 Å². The molecule has 0 unspecified atom stereocenters. The smallest absolute Gasteiger partial charge is 0.264 e. The molecule has 3 aromatic carbocycles. The number of hydrogen-bond acceptors (Lipinski definition) is 5. The Bertz CT molecular complexity index is 1440. The summed E-state index contributed by atoms with van der Waals surface area (Å²) in [6, 6.07) is 18.3. The predicted molar refractivity (Wildman–Crippen MR) is 158 cm³/mol. The van der Waals surface area contributed by atoms with E-state index < -0.39 is 28.5 Å². The number of nitrogens with zero attached hydrogens (tertiary/aromatic N) is 2. The summed E-state index contributed by atoms with van der Waals surface area (Å²) in [5.74, 6) is -0.191. The molecule has 3 rings (SSSR count). The Hall–Kier alpha value is -3.85. The monoisotopic (exact) mass is 565 g/mol. The molecule has 0 aliphatic rings. The van der Waals surface area contributed by atoms with Gasteiger partial charge in [0.25, 0.3) is 10.0 Å². The number of carbonyl (C=O) groups excluding carboxylic acids is 2. The van der Waals surface area contributed by atoms with Crippen LogP contribution in [0.1, 0.15) is 42.5 Å². The van der Waals surface area contributed by atoms with Crippen LogP contribution >= 0.6 is 0 Å². The number of amides is 2. The van der Waals surface area contributed by atoms with Crippen molar-refractivity contribution in [2.24, 2.45) is 0 Å². The van der Waals surface area contributed by atoms with Crippen LogP contribution in [0.25, 0.3) is 0 Å². The molecule has 0 aliphatic carbocycles. The lowest BCUT2D eigenvalue weighted by molar-refractivity contribution is -0.139. The molecule has 0 heterocycles. The summed E-state index contributed by atoms with van der Waals surface area (Å²) in [6.07, 6.45) is 0.748. The van der Waals surface area contributed by atoms with Crippen LogP contribution in [0.3, 0.4) is 0 Å². The highest BCUT2D eigenvalue weighted by Gasteiger charge is 2.33. The van der Waals surface area contributed by atoms with Crippen molar-refractivity contribution < 1.29 is 22.7 Å². The van der Waals surface area contributed by atoms with Gasteiger partial charge in [-0.2, -0.15) is 0 Å². The highest BCUT2D eigenvalue weighted by Crippen LogP contribution is 2.29. The summed E-state index contributed by atoms with van der Waals surface area (Å²) in [5.41, 5.74) is 3.74. The number of benzene rings is 3. The molecule has 1 N–H and O–H groups in total. The molecular weight excluding hydrogens is 526 g/mol. The SMILES string of the molecule is CCCNC(=O)[C@@H](C)N(Cc1cccc(OC)c1)C(=O)CN(c1cccc(C)c1C)S(=O)(=O)c1ccc(C)cc1. The molecular formula is C31H39N3O5S. The van der Waals surface area contributed by atoms with E-state index in [9.17, 15) is 18.0 Å². The van der Waals surface area contributed by atoms with Crippen molar-refractivity contribution in [2.75, 3.05) is 24.5 Å². The lowest BCUT2D eigenvalue weighted by Crippen LogP contribution is -2.51. The number of aryl methyl sites for hydroxylation is 2. The highest BCUT2D eigenvalue weighted by atomic mass is 32.2. The molecule has 0 fully saturated rings. The van der Waals surface area contributed by atoms with Crippen molar-refractivity contribution in [1.29, 1.82) is 0 Å². The molecule has 0 saturated carbocycles. The Balaban J connectivity index is 2.07. The van der Waals surface area contributed by atoms with Crippen molar-refractivity contribution in [3.63, 3.8) is 0 Å². The van der Waals surface area contributed by atoms with Gasteiger partial charge in [-0.3, -0.25) is 13.9 Å². The first kappa shape index (κ1) is 30.7. The highest BCUT2D eigenvalue weighted by molar-refractivity contribution is 7.92. The van der Waals surface area contributed by atoms with Gasteiger partial charge in [-0.05, 0) is 81.1 Å². The van der Waals surface area contributed by atoms with Gasteiger partial charge < -0.3 is 15.0 Å². The van der Waals surface area contributed by atoms with E-state index in [1.807, 2.05) is 45.9 Å². The van der Waals surface area contributed by atoms with Crippen LogP contribution in [0.15, 0.2) is 71.6 Å². The number of hydrogen-bond donors (Lipinski definition) is 1. The fourth-order valence-electron chi connectivity index (χ4n) is 4.30. The summed E-state index contributed by atoms with van der Waals surface area (Å²) in [5, 5.41) is 2.85. The fraction of sp³-hybridized carbons (Fsp3) is 0.355. The van der Waals surface area contributed by atoms with Crippen LogP contribution in [0, 0.1) is 20.8 Å². The lowest BCUT2D eigenvalue weighted by Gasteiger charge is -2.32. The average molecular weight is 566 g/mol. The van der Waals surface area contributed by atoms with Crippen molar-refractivity contribution in [1.82, 2.24) is 10.2 Å². The Labute approximate surface area is 238 Å². The van der Waals surface area contributed by atoms with Crippen LogP contribution in [-0.2, 0) is 26.2 Å². The maximum atomic E-state index is 14.0. The van der Waals surface area contributed by atoms with Crippen LogP contribution in [0.5, 0.6) is 5.75 Å². The topological polar surface area (TPSA) is 96.0 Å². The van der Waals surface area contributed by atoms with E-state index in [1.165, 1.54) is 4.90 Å². The average Bonchev–Trinajstić information content (AvgIpc) is 2.94. The second-order valence-electron chi connectivity index (χ2n) is 9.88. The number of rotatable bonds is 12. The molecule has 8 nitrogen and oxygen atoms in total. The molecule has 1 atom stereocenters.